The van der Waals surface area contributed by atoms with Crippen LogP contribution in [0.4, 0.5) is 0 Å². The fourth-order valence-corrected chi connectivity index (χ4v) is 1.88. The molecule has 6 nitrogen and oxygen atoms in total. The van der Waals surface area contributed by atoms with Gasteiger partial charge in [0.05, 0.1) is 12.2 Å². The first-order valence-electron chi connectivity index (χ1n) is 7.55. The Balaban J connectivity index is 2.32. The van der Waals surface area contributed by atoms with Crippen LogP contribution < -0.4 is 10.6 Å². The van der Waals surface area contributed by atoms with Crippen molar-refractivity contribution in [2.75, 3.05) is 27.2 Å². The molecule has 0 bridgehead atoms. The third kappa shape index (κ3) is 5.75. The number of guanidine groups is 1. The van der Waals surface area contributed by atoms with E-state index in [2.05, 4.69) is 46.4 Å². The van der Waals surface area contributed by atoms with E-state index in [1.165, 1.54) is 0 Å². The summed E-state index contributed by atoms with van der Waals surface area (Å²) in [7, 11) is 3.91. The van der Waals surface area contributed by atoms with E-state index in [-0.39, 0.29) is 0 Å². The summed E-state index contributed by atoms with van der Waals surface area (Å²) in [6.07, 6.45) is 1.16. The van der Waals surface area contributed by atoms with E-state index >= 15 is 0 Å². The van der Waals surface area contributed by atoms with Crippen LogP contribution in [-0.2, 0) is 6.54 Å². The molecule has 1 rings (SSSR count). The molecule has 0 aliphatic heterocycles. The van der Waals surface area contributed by atoms with Gasteiger partial charge in [-0.15, -0.1) is 0 Å². The minimum Gasteiger partial charge on any atom is -0.444 e. The minimum absolute atomic E-state index is 0.537. The fourth-order valence-electron chi connectivity index (χ4n) is 1.88. The van der Waals surface area contributed by atoms with E-state index in [1.807, 2.05) is 13.8 Å². The van der Waals surface area contributed by atoms with Crippen LogP contribution in [0, 0.1) is 13.8 Å². The van der Waals surface area contributed by atoms with Crippen molar-refractivity contribution in [2.45, 2.75) is 46.7 Å². The lowest BCUT2D eigenvalue weighted by molar-refractivity contribution is 0.255. The van der Waals surface area contributed by atoms with Gasteiger partial charge in [0.1, 0.15) is 5.76 Å². The molecule has 0 saturated carbocycles. The zero-order valence-electron chi connectivity index (χ0n) is 14.2. The summed E-state index contributed by atoms with van der Waals surface area (Å²) in [6.45, 7) is 10.7. The number of hydrogen-bond donors (Lipinski definition) is 2. The smallest absolute Gasteiger partial charge is 0.214 e. The van der Waals surface area contributed by atoms with Gasteiger partial charge >= 0.3 is 0 Å². The Labute approximate surface area is 128 Å². The van der Waals surface area contributed by atoms with Crippen molar-refractivity contribution in [2.24, 2.45) is 4.99 Å². The van der Waals surface area contributed by atoms with Crippen LogP contribution in [-0.4, -0.2) is 49.1 Å². The monoisotopic (exact) mass is 295 g/mol. The molecule has 0 radical (unpaired) electrons. The molecular weight excluding hydrogens is 266 g/mol. The number of nitrogens with zero attached hydrogens (tertiary/aromatic N) is 3. The highest BCUT2D eigenvalue weighted by molar-refractivity contribution is 5.79. The van der Waals surface area contributed by atoms with Crippen LogP contribution in [0.3, 0.4) is 0 Å². The van der Waals surface area contributed by atoms with Gasteiger partial charge in [-0.05, 0) is 34.2 Å². The molecule has 0 aliphatic carbocycles. The lowest BCUT2D eigenvalue weighted by Crippen LogP contribution is -2.42. The van der Waals surface area contributed by atoms with Gasteiger partial charge in [-0.3, -0.25) is 4.99 Å². The average molecular weight is 295 g/mol. The molecule has 120 valence electrons. The highest BCUT2D eigenvalue weighted by atomic mass is 16.4. The lowest BCUT2D eigenvalue weighted by atomic mass is 10.2. The SMILES string of the molecule is CCC(C)N(C)CCNC(=NC)NCc1nc(C)c(C)o1. The molecule has 6 heteroatoms. The Hall–Kier alpha value is -1.56. The van der Waals surface area contributed by atoms with Crippen LogP contribution in [0.15, 0.2) is 9.41 Å². The molecule has 0 saturated heterocycles. The fraction of sp³-hybridized carbons (Fsp3) is 0.733. The van der Waals surface area contributed by atoms with Crippen LogP contribution in [0.25, 0.3) is 0 Å². The summed E-state index contributed by atoms with van der Waals surface area (Å²) in [6, 6.07) is 0.597. The molecule has 0 spiro atoms. The first-order valence-corrected chi connectivity index (χ1v) is 7.55. The van der Waals surface area contributed by atoms with E-state index in [1.54, 1.807) is 7.05 Å². The molecule has 1 aromatic heterocycles. The number of aliphatic imine (C=N–C) groups is 1. The average Bonchev–Trinajstić information content (AvgIpc) is 2.80. The Morgan fingerprint density at radius 2 is 2.10 bits per heavy atom. The van der Waals surface area contributed by atoms with Gasteiger partial charge < -0.3 is 20.0 Å². The molecule has 1 atom stereocenters. The van der Waals surface area contributed by atoms with Crippen LogP contribution in [0.1, 0.15) is 37.6 Å². The van der Waals surface area contributed by atoms with Crippen molar-refractivity contribution in [3.63, 3.8) is 0 Å². The highest BCUT2D eigenvalue weighted by Crippen LogP contribution is 2.07. The zero-order valence-corrected chi connectivity index (χ0v) is 14.2. The number of aromatic nitrogens is 1. The van der Waals surface area contributed by atoms with Gasteiger partial charge in [-0.1, -0.05) is 6.92 Å². The first-order chi connectivity index (χ1) is 9.97. The van der Waals surface area contributed by atoms with Gasteiger partial charge in [0, 0.05) is 26.2 Å². The first kappa shape index (κ1) is 17.5. The van der Waals surface area contributed by atoms with E-state index in [4.69, 9.17) is 4.42 Å². The molecular formula is C15H29N5O. The van der Waals surface area contributed by atoms with Crippen molar-refractivity contribution in [1.29, 1.82) is 0 Å². The zero-order chi connectivity index (χ0) is 15.8. The Bertz CT molecular complexity index is 435. The van der Waals surface area contributed by atoms with Gasteiger partial charge in [0.2, 0.25) is 5.89 Å². The molecule has 0 aliphatic rings. The minimum atomic E-state index is 0.537. The number of likely N-dealkylation sites (N-methyl/N-ethyl adjacent to an activating group) is 1. The third-order valence-corrected chi connectivity index (χ3v) is 3.80. The largest absolute Gasteiger partial charge is 0.444 e. The molecule has 1 unspecified atom stereocenters. The second kappa shape index (κ2) is 8.67. The van der Waals surface area contributed by atoms with E-state index in [0.29, 0.717) is 18.5 Å². The molecule has 1 aromatic rings. The predicted octanol–water partition coefficient (Wildman–Crippen LogP) is 1.69. The Morgan fingerprint density at radius 1 is 1.38 bits per heavy atom. The number of rotatable bonds is 7. The van der Waals surface area contributed by atoms with Gasteiger partial charge in [0.15, 0.2) is 5.96 Å². The third-order valence-electron chi connectivity index (χ3n) is 3.80. The normalized spacial score (nSPS) is 13.6. The molecule has 1 heterocycles. The quantitative estimate of drug-likeness (QED) is 0.592. The predicted molar refractivity (Wildman–Crippen MR) is 86.6 cm³/mol. The Kier molecular flexibility index (Phi) is 7.22. The van der Waals surface area contributed by atoms with Gasteiger partial charge in [-0.2, -0.15) is 0 Å². The van der Waals surface area contributed by atoms with Crippen LogP contribution in [0.2, 0.25) is 0 Å². The maximum atomic E-state index is 5.53. The number of aryl methyl sites for hydroxylation is 2. The molecule has 0 aromatic carbocycles. The maximum absolute atomic E-state index is 5.53. The van der Waals surface area contributed by atoms with Crippen molar-refractivity contribution in [3.05, 3.63) is 17.3 Å². The Morgan fingerprint density at radius 3 is 2.62 bits per heavy atom. The number of nitrogens with one attached hydrogen (secondary N) is 2. The van der Waals surface area contributed by atoms with Crippen molar-refractivity contribution in [3.8, 4) is 0 Å². The second-order valence-corrected chi connectivity index (χ2v) is 5.34. The summed E-state index contributed by atoms with van der Waals surface area (Å²) in [5.74, 6) is 2.32. The van der Waals surface area contributed by atoms with Crippen LogP contribution >= 0.6 is 0 Å². The van der Waals surface area contributed by atoms with Crippen molar-refractivity contribution < 1.29 is 4.42 Å². The molecule has 2 N–H and O–H groups in total. The van der Waals surface area contributed by atoms with E-state index < -0.39 is 0 Å². The summed E-state index contributed by atoms with van der Waals surface area (Å²) in [5.41, 5.74) is 0.935. The summed E-state index contributed by atoms with van der Waals surface area (Å²) in [4.78, 5) is 10.9. The van der Waals surface area contributed by atoms with Gasteiger partial charge in [-0.25, -0.2) is 4.98 Å². The van der Waals surface area contributed by atoms with Gasteiger partial charge in [0.25, 0.3) is 0 Å². The number of oxazole rings is 1. The lowest BCUT2D eigenvalue weighted by Gasteiger charge is -2.23. The maximum Gasteiger partial charge on any atom is 0.214 e. The molecule has 0 fully saturated rings. The summed E-state index contributed by atoms with van der Waals surface area (Å²) >= 11 is 0. The van der Waals surface area contributed by atoms with E-state index in [0.717, 1.165) is 36.9 Å². The second-order valence-electron chi connectivity index (χ2n) is 5.34. The molecule has 21 heavy (non-hydrogen) atoms. The van der Waals surface area contributed by atoms with E-state index in [9.17, 15) is 0 Å². The van der Waals surface area contributed by atoms with Crippen molar-refractivity contribution in [1.82, 2.24) is 20.5 Å². The number of hydrogen-bond acceptors (Lipinski definition) is 4. The molecule has 0 amide bonds. The topological polar surface area (TPSA) is 65.7 Å². The van der Waals surface area contributed by atoms with Crippen LogP contribution in [0.5, 0.6) is 0 Å². The highest BCUT2D eigenvalue weighted by Gasteiger charge is 2.08. The van der Waals surface area contributed by atoms with Crippen molar-refractivity contribution >= 4 is 5.96 Å². The summed E-state index contributed by atoms with van der Waals surface area (Å²) in [5, 5.41) is 6.51. The summed E-state index contributed by atoms with van der Waals surface area (Å²) < 4.78 is 5.53. The standard InChI is InChI=1S/C15H29N5O/c1-7-11(2)20(6)9-8-17-15(16-5)18-10-14-19-12(3)13(4)21-14/h11H,7-10H2,1-6H3,(H2,16,17,18).